The molecule has 3 N–H and O–H groups in total. The molecule has 16 heavy (non-hydrogen) atoms. The lowest BCUT2D eigenvalue weighted by Crippen LogP contribution is -2.39. The third-order valence-electron chi connectivity index (χ3n) is 1.71. The van der Waals surface area contributed by atoms with Crippen molar-refractivity contribution in [2.45, 2.75) is 12.2 Å². The zero-order valence-corrected chi connectivity index (χ0v) is 10.3. The quantitative estimate of drug-likeness (QED) is 0.533. The molecule has 0 aliphatic rings. The van der Waals surface area contributed by atoms with E-state index in [0.29, 0.717) is 18.3 Å². The Balaban J connectivity index is 3.33. The Morgan fingerprint density at radius 2 is 2.12 bits per heavy atom. The van der Waals surface area contributed by atoms with Gasteiger partial charge in [0.25, 0.3) is 0 Å². The molecule has 2 amide bonds. The number of ether oxygens (including phenoxy) is 1. The van der Waals surface area contributed by atoms with Crippen LogP contribution in [0, 0.1) is 0 Å². The molecule has 0 heterocycles. The minimum absolute atomic E-state index is 0.192. The highest BCUT2D eigenvalue weighted by Crippen LogP contribution is 2.01. The molecular weight excluding hydrogens is 232 g/mol. The van der Waals surface area contributed by atoms with Crippen LogP contribution >= 0.6 is 11.8 Å². The van der Waals surface area contributed by atoms with Crippen molar-refractivity contribution < 1.29 is 19.4 Å². The van der Waals surface area contributed by atoms with Crippen LogP contribution in [0.4, 0.5) is 4.79 Å². The number of carboxylic acids is 1. The number of carbonyl (C=O) groups excluding carboxylic acids is 1. The molecule has 0 aromatic heterocycles. The molecule has 0 bridgehead atoms. The second-order valence-electron chi connectivity index (χ2n) is 3.13. The maximum absolute atomic E-state index is 11.2. The van der Waals surface area contributed by atoms with E-state index in [-0.39, 0.29) is 19.2 Å². The number of urea groups is 1. The summed E-state index contributed by atoms with van der Waals surface area (Å²) < 4.78 is 4.75. The SMILES string of the molecule is CSC(C)CNC(=O)NCCOCC(=O)O. The third kappa shape index (κ3) is 9.60. The highest BCUT2D eigenvalue weighted by atomic mass is 32.2. The standard InChI is InChI=1S/C9H18N2O4S/c1-7(16-2)5-11-9(14)10-3-4-15-6-8(12)13/h7H,3-6H2,1-2H3,(H,12,13)(H2,10,11,14). The number of aliphatic carboxylic acids is 1. The van der Waals surface area contributed by atoms with Crippen LogP contribution in [-0.4, -0.2) is 54.9 Å². The predicted molar refractivity (Wildman–Crippen MR) is 62.8 cm³/mol. The maximum Gasteiger partial charge on any atom is 0.329 e. The molecule has 0 aromatic carbocycles. The minimum atomic E-state index is -1.02. The van der Waals surface area contributed by atoms with Crippen LogP contribution in [0.2, 0.25) is 0 Å². The Labute approximate surface area is 99.1 Å². The monoisotopic (exact) mass is 250 g/mol. The van der Waals surface area contributed by atoms with Crippen molar-refractivity contribution in [3.05, 3.63) is 0 Å². The molecule has 0 aliphatic carbocycles. The number of carbonyl (C=O) groups is 2. The highest BCUT2D eigenvalue weighted by molar-refractivity contribution is 7.99. The van der Waals surface area contributed by atoms with Gasteiger partial charge in [-0.1, -0.05) is 6.92 Å². The van der Waals surface area contributed by atoms with Crippen LogP contribution in [0.25, 0.3) is 0 Å². The molecule has 7 heteroatoms. The Morgan fingerprint density at radius 3 is 2.69 bits per heavy atom. The van der Waals surface area contributed by atoms with E-state index in [0.717, 1.165) is 0 Å². The molecule has 94 valence electrons. The summed E-state index contributed by atoms with van der Waals surface area (Å²) in [7, 11) is 0. The number of thioether (sulfide) groups is 1. The van der Waals surface area contributed by atoms with E-state index >= 15 is 0 Å². The van der Waals surface area contributed by atoms with E-state index in [9.17, 15) is 9.59 Å². The normalized spacial score (nSPS) is 11.9. The molecular formula is C9H18N2O4S. The molecule has 0 fully saturated rings. The first kappa shape index (κ1) is 15.0. The molecule has 0 saturated carbocycles. The van der Waals surface area contributed by atoms with Crippen molar-refractivity contribution in [1.82, 2.24) is 10.6 Å². The van der Waals surface area contributed by atoms with E-state index in [1.54, 1.807) is 11.8 Å². The zero-order chi connectivity index (χ0) is 12.4. The maximum atomic E-state index is 11.2. The van der Waals surface area contributed by atoms with E-state index < -0.39 is 5.97 Å². The first-order valence-corrected chi connectivity index (χ1v) is 6.19. The van der Waals surface area contributed by atoms with Crippen molar-refractivity contribution in [1.29, 1.82) is 0 Å². The van der Waals surface area contributed by atoms with Crippen LogP contribution in [0.3, 0.4) is 0 Å². The van der Waals surface area contributed by atoms with Gasteiger partial charge in [0.1, 0.15) is 6.61 Å². The highest BCUT2D eigenvalue weighted by Gasteiger charge is 2.03. The van der Waals surface area contributed by atoms with Crippen molar-refractivity contribution in [2.75, 3.05) is 32.6 Å². The van der Waals surface area contributed by atoms with Gasteiger partial charge in [-0.2, -0.15) is 11.8 Å². The fraction of sp³-hybridized carbons (Fsp3) is 0.778. The molecule has 0 spiro atoms. The van der Waals surface area contributed by atoms with E-state index in [2.05, 4.69) is 10.6 Å². The molecule has 0 saturated heterocycles. The van der Waals surface area contributed by atoms with Gasteiger partial charge in [0.2, 0.25) is 0 Å². The number of nitrogens with one attached hydrogen (secondary N) is 2. The summed E-state index contributed by atoms with van der Waals surface area (Å²) >= 11 is 1.67. The van der Waals surface area contributed by atoms with Crippen molar-refractivity contribution >= 4 is 23.8 Å². The first-order chi connectivity index (χ1) is 7.56. The van der Waals surface area contributed by atoms with Crippen molar-refractivity contribution in [3.8, 4) is 0 Å². The van der Waals surface area contributed by atoms with Crippen LogP contribution in [0.5, 0.6) is 0 Å². The minimum Gasteiger partial charge on any atom is -0.480 e. The van der Waals surface area contributed by atoms with Gasteiger partial charge < -0.3 is 20.5 Å². The van der Waals surface area contributed by atoms with Gasteiger partial charge in [-0.05, 0) is 6.26 Å². The lowest BCUT2D eigenvalue weighted by molar-refractivity contribution is -0.142. The summed E-state index contributed by atoms with van der Waals surface area (Å²) in [6.07, 6.45) is 1.98. The second kappa shape index (κ2) is 9.29. The Hall–Kier alpha value is -0.950. The number of rotatable bonds is 8. The average Bonchev–Trinajstić information content (AvgIpc) is 2.24. The Bertz CT molecular complexity index is 226. The van der Waals surface area contributed by atoms with Gasteiger partial charge in [0.15, 0.2) is 0 Å². The lowest BCUT2D eigenvalue weighted by Gasteiger charge is -2.10. The average molecular weight is 250 g/mol. The molecule has 1 unspecified atom stereocenters. The third-order valence-corrected chi connectivity index (χ3v) is 2.68. The van der Waals surface area contributed by atoms with Crippen LogP contribution in [-0.2, 0) is 9.53 Å². The van der Waals surface area contributed by atoms with Crippen molar-refractivity contribution in [2.24, 2.45) is 0 Å². The van der Waals surface area contributed by atoms with Gasteiger partial charge in [0.05, 0.1) is 6.61 Å². The zero-order valence-electron chi connectivity index (χ0n) is 9.49. The molecule has 1 atom stereocenters. The Morgan fingerprint density at radius 1 is 1.44 bits per heavy atom. The summed E-state index contributed by atoms with van der Waals surface area (Å²) in [6.45, 7) is 2.77. The number of amides is 2. The van der Waals surface area contributed by atoms with E-state index in [4.69, 9.17) is 9.84 Å². The van der Waals surface area contributed by atoms with E-state index in [1.165, 1.54) is 0 Å². The van der Waals surface area contributed by atoms with E-state index in [1.807, 2.05) is 13.2 Å². The number of hydrogen-bond donors (Lipinski definition) is 3. The largest absolute Gasteiger partial charge is 0.480 e. The molecule has 0 aliphatic heterocycles. The molecule has 0 rings (SSSR count). The summed E-state index contributed by atoms with van der Waals surface area (Å²) in [4.78, 5) is 21.2. The van der Waals surface area contributed by atoms with Gasteiger partial charge in [-0.25, -0.2) is 9.59 Å². The number of hydrogen-bond acceptors (Lipinski definition) is 4. The molecule has 0 radical (unpaired) electrons. The smallest absolute Gasteiger partial charge is 0.329 e. The first-order valence-electron chi connectivity index (χ1n) is 4.90. The predicted octanol–water partition coefficient (Wildman–Crippen LogP) is 0.138. The van der Waals surface area contributed by atoms with Crippen LogP contribution in [0.15, 0.2) is 0 Å². The summed E-state index contributed by atoms with van der Waals surface area (Å²) in [6, 6.07) is -0.264. The summed E-state index contributed by atoms with van der Waals surface area (Å²) in [5.41, 5.74) is 0. The van der Waals surface area contributed by atoms with Crippen molar-refractivity contribution in [3.63, 3.8) is 0 Å². The van der Waals surface area contributed by atoms with Gasteiger partial charge in [-0.3, -0.25) is 0 Å². The summed E-state index contributed by atoms with van der Waals surface area (Å²) in [5.74, 6) is -1.02. The van der Waals surface area contributed by atoms with Crippen LogP contribution < -0.4 is 10.6 Å². The fourth-order valence-corrected chi connectivity index (χ4v) is 1.03. The van der Waals surface area contributed by atoms with Gasteiger partial charge >= 0.3 is 12.0 Å². The Kier molecular flexibility index (Phi) is 8.74. The fourth-order valence-electron chi connectivity index (χ4n) is 0.778. The van der Waals surface area contributed by atoms with Gasteiger partial charge in [-0.15, -0.1) is 0 Å². The van der Waals surface area contributed by atoms with Gasteiger partial charge in [0, 0.05) is 18.3 Å². The second-order valence-corrected chi connectivity index (χ2v) is 4.41. The topological polar surface area (TPSA) is 87.7 Å². The molecule has 0 aromatic rings. The summed E-state index contributed by atoms with van der Waals surface area (Å²) in [5, 5.41) is 13.9. The number of carboxylic acid groups (broad SMARTS) is 1. The molecule has 6 nitrogen and oxygen atoms in total. The van der Waals surface area contributed by atoms with Crippen LogP contribution in [0.1, 0.15) is 6.92 Å². The lowest BCUT2D eigenvalue weighted by atomic mass is 10.5.